The summed E-state index contributed by atoms with van der Waals surface area (Å²) in [6.07, 6.45) is 0.630. The van der Waals surface area contributed by atoms with Crippen LogP contribution in [0.4, 0.5) is 4.39 Å². The third-order valence-electron chi connectivity index (χ3n) is 6.41. The van der Waals surface area contributed by atoms with Crippen LogP contribution in [0.2, 0.25) is 0 Å². The fraction of sp³-hybridized carbons (Fsp3) is 0.440. The van der Waals surface area contributed by atoms with Gasteiger partial charge in [-0.15, -0.1) is 0 Å². The van der Waals surface area contributed by atoms with Crippen molar-refractivity contribution in [2.45, 2.75) is 33.2 Å². The van der Waals surface area contributed by atoms with Crippen LogP contribution in [-0.2, 0) is 4.79 Å². The summed E-state index contributed by atoms with van der Waals surface area (Å²) in [5.41, 5.74) is 5.14. The highest BCUT2D eigenvalue weighted by Gasteiger charge is 2.34. The Kier molecular flexibility index (Phi) is 6.49. The minimum absolute atomic E-state index is 0.0213. The molecule has 0 N–H and O–H groups in total. The summed E-state index contributed by atoms with van der Waals surface area (Å²) < 4.78 is 13.4. The lowest BCUT2D eigenvalue weighted by molar-refractivity contribution is -0.134. The summed E-state index contributed by atoms with van der Waals surface area (Å²) in [7, 11) is 0. The summed E-state index contributed by atoms with van der Waals surface area (Å²) in [6, 6.07) is 12.6. The quantitative estimate of drug-likeness (QED) is 0.737. The summed E-state index contributed by atoms with van der Waals surface area (Å²) in [5.74, 6) is -0.249. The molecule has 31 heavy (non-hydrogen) atoms. The van der Waals surface area contributed by atoms with Crippen molar-refractivity contribution in [2.75, 3.05) is 39.3 Å². The fourth-order valence-corrected chi connectivity index (χ4v) is 4.45. The SMILES string of the molecule is CCN1CCN(CC(=O)N2N=C(c3ccc(F)cc3)C[C@@H]2c2cc(C)ccc2C)CC1. The first-order valence-electron chi connectivity index (χ1n) is 11.1. The molecule has 1 saturated heterocycles. The maximum Gasteiger partial charge on any atom is 0.257 e. The molecule has 2 aromatic carbocycles. The summed E-state index contributed by atoms with van der Waals surface area (Å²) >= 11 is 0. The van der Waals surface area contributed by atoms with E-state index in [0.717, 1.165) is 55.1 Å². The molecular weight excluding hydrogens is 391 g/mol. The number of carbonyl (C=O) groups is 1. The zero-order valence-electron chi connectivity index (χ0n) is 18.6. The van der Waals surface area contributed by atoms with E-state index in [1.165, 1.54) is 17.7 Å². The second-order valence-electron chi connectivity index (χ2n) is 8.58. The minimum atomic E-state index is -0.271. The van der Waals surface area contributed by atoms with E-state index in [-0.39, 0.29) is 17.8 Å². The van der Waals surface area contributed by atoms with Crippen LogP contribution < -0.4 is 0 Å². The number of carbonyl (C=O) groups excluding carboxylic acids is 1. The summed E-state index contributed by atoms with van der Waals surface area (Å²) in [4.78, 5) is 18.0. The molecule has 2 aliphatic heterocycles. The van der Waals surface area contributed by atoms with Gasteiger partial charge in [0.2, 0.25) is 0 Å². The molecule has 0 unspecified atom stereocenters. The standard InChI is InChI=1S/C25H31FN4O/c1-4-28-11-13-29(14-12-28)17-25(31)30-24(22-15-18(2)5-6-19(22)3)16-23(27-30)20-7-9-21(26)10-8-20/h5-10,15,24H,4,11-14,16-17H2,1-3H3/t24-/m1/s1. The van der Waals surface area contributed by atoms with E-state index in [0.29, 0.717) is 13.0 Å². The normalized spacial score (nSPS) is 20.2. The maximum absolute atomic E-state index is 13.4. The molecule has 0 aliphatic carbocycles. The Morgan fingerprint density at radius 2 is 1.71 bits per heavy atom. The van der Waals surface area contributed by atoms with Crippen LogP contribution in [-0.4, -0.2) is 65.7 Å². The largest absolute Gasteiger partial charge is 0.301 e. The Labute approximate surface area is 184 Å². The second-order valence-corrected chi connectivity index (χ2v) is 8.58. The maximum atomic E-state index is 13.4. The van der Waals surface area contributed by atoms with Gasteiger partial charge in [0.05, 0.1) is 18.3 Å². The van der Waals surface area contributed by atoms with Crippen molar-refractivity contribution in [3.05, 3.63) is 70.5 Å². The third-order valence-corrected chi connectivity index (χ3v) is 6.41. The predicted molar refractivity (Wildman–Crippen MR) is 122 cm³/mol. The Morgan fingerprint density at radius 3 is 2.39 bits per heavy atom. The molecule has 0 saturated carbocycles. The predicted octanol–water partition coefficient (Wildman–Crippen LogP) is 3.76. The van der Waals surface area contributed by atoms with Crippen molar-refractivity contribution >= 4 is 11.6 Å². The van der Waals surface area contributed by atoms with Crippen molar-refractivity contribution < 1.29 is 9.18 Å². The molecule has 0 bridgehead atoms. The van der Waals surface area contributed by atoms with Gasteiger partial charge in [-0.2, -0.15) is 5.10 Å². The van der Waals surface area contributed by atoms with E-state index < -0.39 is 0 Å². The number of nitrogens with zero attached hydrogens (tertiary/aromatic N) is 4. The molecule has 1 fully saturated rings. The lowest BCUT2D eigenvalue weighted by Gasteiger charge is -2.34. The fourth-order valence-electron chi connectivity index (χ4n) is 4.45. The summed E-state index contributed by atoms with van der Waals surface area (Å²) in [6.45, 7) is 11.5. The highest BCUT2D eigenvalue weighted by molar-refractivity contribution is 6.03. The van der Waals surface area contributed by atoms with Crippen LogP contribution in [0.25, 0.3) is 0 Å². The smallest absolute Gasteiger partial charge is 0.257 e. The van der Waals surface area contributed by atoms with Crippen LogP contribution in [0.15, 0.2) is 47.6 Å². The molecule has 2 heterocycles. The molecule has 1 atom stereocenters. The average molecular weight is 423 g/mol. The highest BCUT2D eigenvalue weighted by atomic mass is 19.1. The van der Waals surface area contributed by atoms with Gasteiger partial charge in [-0.3, -0.25) is 9.69 Å². The van der Waals surface area contributed by atoms with Gasteiger partial charge in [0, 0.05) is 32.6 Å². The van der Waals surface area contributed by atoms with Crippen LogP contribution in [0, 0.1) is 19.7 Å². The van der Waals surface area contributed by atoms with E-state index in [1.807, 2.05) is 0 Å². The highest BCUT2D eigenvalue weighted by Crippen LogP contribution is 2.35. The molecule has 2 aliphatic rings. The van der Waals surface area contributed by atoms with Gasteiger partial charge in [0.1, 0.15) is 5.82 Å². The number of benzene rings is 2. The first kappa shape index (κ1) is 21.7. The zero-order chi connectivity index (χ0) is 22.0. The molecular formula is C25H31FN4O. The first-order chi connectivity index (χ1) is 14.9. The van der Waals surface area contributed by atoms with Crippen LogP contribution in [0.3, 0.4) is 0 Å². The molecule has 0 radical (unpaired) electrons. The van der Waals surface area contributed by atoms with Crippen molar-refractivity contribution in [1.82, 2.24) is 14.8 Å². The Balaban J connectivity index is 1.59. The Morgan fingerprint density at radius 1 is 1.03 bits per heavy atom. The molecule has 6 heteroatoms. The van der Waals surface area contributed by atoms with E-state index in [1.54, 1.807) is 17.1 Å². The Bertz CT molecular complexity index is 964. The van der Waals surface area contributed by atoms with Gasteiger partial charge in [0.15, 0.2) is 0 Å². The number of aryl methyl sites for hydroxylation is 2. The van der Waals surface area contributed by atoms with Gasteiger partial charge in [-0.1, -0.05) is 42.8 Å². The second kappa shape index (κ2) is 9.28. The van der Waals surface area contributed by atoms with Crippen molar-refractivity contribution in [1.29, 1.82) is 0 Å². The number of hydrogen-bond donors (Lipinski definition) is 0. The van der Waals surface area contributed by atoms with E-state index >= 15 is 0 Å². The van der Waals surface area contributed by atoms with Gasteiger partial charge in [-0.05, 0) is 49.2 Å². The number of rotatable bonds is 5. The van der Waals surface area contributed by atoms with Gasteiger partial charge in [0.25, 0.3) is 5.91 Å². The van der Waals surface area contributed by atoms with Crippen LogP contribution in [0.5, 0.6) is 0 Å². The Hall–Kier alpha value is -2.57. The number of hydrogen-bond acceptors (Lipinski definition) is 4. The van der Waals surface area contributed by atoms with Crippen molar-refractivity contribution in [3.8, 4) is 0 Å². The molecule has 4 rings (SSSR count). The number of likely N-dealkylation sites (N-methyl/N-ethyl adjacent to an activating group) is 1. The molecule has 5 nitrogen and oxygen atoms in total. The number of amides is 1. The molecule has 0 aromatic heterocycles. The lowest BCUT2D eigenvalue weighted by Crippen LogP contribution is -2.49. The zero-order valence-corrected chi connectivity index (χ0v) is 18.6. The van der Waals surface area contributed by atoms with E-state index in [2.05, 4.69) is 48.8 Å². The van der Waals surface area contributed by atoms with E-state index in [9.17, 15) is 9.18 Å². The van der Waals surface area contributed by atoms with E-state index in [4.69, 9.17) is 5.10 Å². The first-order valence-corrected chi connectivity index (χ1v) is 11.1. The monoisotopic (exact) mass is 422 g/mol. The molecule has 164 valence electrons. The molecule has 0 spiro atoms. The van der Waals surface area contributed by atoms with Crippen molar-refractivity contribution in [3.63, 3.8) is 0 Å². The summed E-state index contributed by atoms with van der Waals surface area (Å²) in [5, 5.41) is 6.43. The topological polar surface area (TPSA) is 39.1 Å². The van der Waals surface area contributed by atoms with Crippen molar-refractivity contribution in [2.24, 2.45) is 5.10 Å². The average Bonchev–Trinajstić information content (AvgIpc) is 3.22. The molecule has 2 aromatic rings. The number of halogens is 1. The lowest BCUT2D eigenvalue weighted by atomic mass is 9.94. The molecule has 1 amide bonds. The number of hydrazone groups is 1. The number of piperazine rings is 1. The third kappa shape index (κ3) is 4.86. The van der Waals surface area contributed by atoms with Gasteiger partial charge >= 0.3 is 0 Å². The van der Waals surface area contributed by atoms with Crippen LogP contribution >= 0.6 is 0 Å². The van der Waals surface area contributed by atoms with Gasteiger partial charge in [-0.25, -0.2) is 9.40 Å². The minimum Gasteiger partial charge on any atom is -0.301 e. The van der Waals surface area contributed by atoms with Crippen LogP contribution in [0.1, 0.15) is 41.6 Å². The van der Waals surface area contributed by atoms with Gasteiger partial charge < -0.3 is 4.90 Å².